The summed E-state index contributed by atoms with van der Waals surface area (Å²) in [5.41, 5.74) is 0. The summed E-state index contributed by atoms with van der Waals surface area (Å²) in [7, 11) is 0. The predicted octanol–water partition coefficient (Wildman–Crippen LogP) is 1.29. The van der Waals surface area contributed by atoms with E-state index >= 15 is 0 Å². The lowest BCUT2D eigenvalue weighted by molar-refractivity contribution is 0.154. The van der Waals surface area contributed by atoms with Crippen LogP contribution in [0.5, 0.6) is 0 Å². The SMILES string of the molecule is C[C@H](O)C[C@@H]1CCC[C@@H](C)N1. The summed E-state index contributed by atoms with van der Waals surface area (Å²) in [6.07, 6.45) is 4.58. The lowest BCUT2D eigenvalue weighted by Crippen LogP contribution is -2.41. The van der Waals surface area contributed by atoms with Crippen LogP contribution in [0.1, 0.15) is 39.5 Å². The van der Waals surface area contributed by atoms with Gasteiger partial charge in [0.15, 0.2) is 0 Å². The van der Waals surface area contributed by atoms with Crippen LogP contribution in [0.2, 0.25) is 0 Å². The smallest absolute Gasteiger partial charge is 0.0526 e. The molecule has 1 saturated heterocycles. The highest BCUT2D eigenvalue weighted by Crippen LogP contribution is 2.15. The summed E-state index contributed by atoms with van der Waals surface area (Å²) in [6.45, 7) is 4.08. The molecule has 11 heavy (non-hydrogen) atoms. The van der Waals surface area contributed by atoms with Crippen molar-refractivity contribution in [3.63, 3.8) is 0 Å². The van der Waals surface area contributed by atoms with Gasteiger partial charge in [0, 0.05) is 12.1 Å². The fraction of sp³-hybridized carbons (Fsp3) is 1.00. The van der Waals surface area contributed by atoms with Gasteiger partial charge in [-0.2, -0.15) is 0 Å². The first-order valence-electron chi connectivity index (χ1n) is 4.62. The molecule has 0 aliphatic carbocycles. The second-order valence-electron chi connectivity index (χ2n) is 3.78. The van der Waals surface area contributed by atoms with Crippen LogP contribution in [0.4, 0.5) is 0 Å². The third kappa shape index (κ3) is 3.21. The minimum absolute atomic E-state index is 0.155. The number of aliphatic hydroxyl groups excluding tert-OH is 1. The van der Waals surface area contributed by atoms with Crippen molar-refractivity contribution in [2.45, 2.75) is 57.7 Å². The molecule has 0 aromatic carbocycles. The van der Waals surface area contributed by atoms with Crippen LogP contribution in [-0.2, 0) is 0 Å². The quantitative estimate of drug-likeness (QED) is 0.633. The minimum Gasteiger partial charge on any atom is -0.393 e. The zero-order chi connectivity index (χ0) is 8.27. The Bertz CT molecular complexity index is 112. The highest BCUT2D eigenvalue weighted by atomic mass is 16.3. The summed E-state index contributed by atoms with van der Waals surface area (Å²) in [4.78, 5) is 0. The summed E-state index contributed by atoms with van der Waals surface area (Å²) in [5, 5.41) is 12.6. The van der Waals surface area contributed by atoms with Gasteiger partial charge in [0.2, 0.25) is 0 Å². The van der Waals surface area contributed by atoms with Crippen molar-refractivity contribution in [3.05, 3.63) is 0 Å². The van der Waals surface area contributed by atoms with Crippen LogP contribution < -0.4 is 5.32 Å². The van der Waals surface area contributed by atoms with Gasteiger partial charge in [0.05, 0.1) is 6.10 Å². The van der Waals surface area contributed by atoms with E-state index in [4.69, 9.17) is 5.11 Å². The minimum atomic E-state index is -0.155. The average molecular weight is 157 g/mol. The van der Waals surface area contributed by atoms with E-state index in [-0.39, 0.29) is 6.10 Å². The van der Waals surface area contributed by atoms with Crippen molar-refractivity contribution in [2.24, 2.45) is 0 Å². The summed E-state index contributed by atoms with van der Waals surface area (Å²) in [5.74, 6) is 0. The summed E-state index contributed by atoms with van der Waals surface area (Å²) >= 11 is 0. The van der Waals surface area contributed by atoms with E-state index in [2.05, 4.69) is 12.2 Å². The fourth-order valence-electron chi connectivity index (χ4n) is 1.84. The zero-order valence-corrected chi connectivity index (χ0v) is 7.51. The molecular formula is C9H19NO. The van der Waals surface area contributed by atoms with E-state index in [1.54, 1.807) is 0 Å². The van der Waals surface area contributed by atoms with E-state index < -0.39 is 0 Å². The number of piperidine rings is 1. The van der Waals surface area contributed by atoms with Crippen LogP contribution in [0, 0.1) is 0 Å². The van der Waals surface area contributed by atoms with Gasteiger partial charge < -0.3 is 10.4 Å². The third-order valence-corrected chi connectivity index (χ3v) is 2.34. The Kier molecular flexibility index (Phi) is 3.34. The third-order valence-electron chi connectivity index (χ3n) is 2.34. The van der Waals surface area contributed by atoms with Crippen molar-refractivity contribution in [1.82, 2.24) is 5.32 Å². The Labute approximate surface area is 69.0 Å². The molecule has 1 aliphatic heterocycles. The van der Waals surface area contributed by atoms with Crippen molar-refractivity contribution in [2.75, 3.05) is 0 Å². The molecule has 1 rings (SSSR count). The van der Waals surface area contributed by atoms with Gasteiger partial charge in [-0.15, -0.1) is 0 Å². The molecule has 0 unspecified atom stereocenters. The second kappa shape index (κ2) is 4.07. The van der Waals surface area contributed by atoms with E-state index in [9.17, 15) is 0 Å². The molecule has 2 heteroatoms. The molecule has 0 bridgehead atoms. The van der Waals surface area contributed by atoms with Crippen molar-refractivity contribution in [3.8, 4) is 0 Å². The molecule has 0 radical (unpaired) electrons. The highest BCUT2D eigenvalue weighted by molar-refractivity contribution is 4.78. The van der Waals surface area contributed by atoms with Crippen LogP contribution in [-0.4, -0.2) is 23.3 Å². The molecule has 2 N–H and O–H groups in total. The van der Waals surface area contributed by atoms with Gasteiger partial charge in [-0.25, -0.2) is 0 Å². The molecule has 1 aliphatic rings. The number of hydrogen-bond donors (Lipinski definition) is 2. The Hall–Kier alpha value is -0.0800. The number of hydrogen-bond acceptors (Lipinski definition) is 2. The highest BCUT2D eigenvalue weighted by Gasteiger charge is 2.18. The van der Waals surface area contributed by atoms with Crippen LogP contribution >= 0.6 is 0 Å². The van der Waals surface area contributed by atoms with Crippen LogP contribution in [0.25, 0.3) is 0 Å². The first-order valence-corrected chi connectivity index (χ1v) is 4.62. The maximum atomic E-state index is 9.15. The Morgan fingerprint density at radius 2 is 2.27 bits per heavy atom. The van der Waals surface area contributed by atoms with E-state index in [0.29, 0.717) is 12.1 Å². The molecule has 3 atom stereocenters. The Morgan fingerprint density at radius 1 is 1.55 bits per heavy atom. The first-order chi connectivity index (χ1) is 5.18. The molecule has 2 nitrogen and oxygen atoms in total. The van der Waals surface area contributed by atoms with Gasteiger partial charge >= 0.3 is 0 Å². The topological polar surface area (TPSA) is 32.3 Å². The lowest BCUT2D eigenvalue weighted by atomic mass is 9.96. The van der Waals surface area contributed by atoms with Crippen LogP contribution in [0.3, 0.4) is 0 Å². The molecule has 66 valence electrons. The summed E-state index contributed by atoms with van der Waals surface area (Å²) < 4.78 is 0. The molecule has 0 amide bonds. The molecule has 0 saturated carbocycles. The maximum absolute atomic E-state index is 9.15. The van der Waals surface area contributed by atoms with E-state index in [1.165, 1.54) is 19.3 Å². The van der Waals surface area contributed by atoms with E-state index in [0.717, 1.165) is 6.42 Å². The molecule has 0 aromatic rings. The largest absolute Gasteiger partial charge is 0.393 e. The molecular weight excluding hydrogens is 138 g/mol. The molecule has 1 heterocycles. The van der Waals surface area contributed by atoms with E-state index in [1.807, 2.05) is 6.92 Å². The Balaban J connectivity index is 2.23. The normalized spacial score (nSPS) is 35.2. The Morgan fingerprint density at radius 3 is 2.82 bits per heavy atom. The monoisotopic (exact) mass is 157 g/mol. The lowest BCUT2D eigenvalue weighted by Gasteiger charge is -2.29. The fourth-order valence-corrected chi connectivity index (χ4v) is 1.84. The van der Waals surface area contributed by atoms with Crippen molar-refractivity contribution in [1.29, 1.82) is 0 Å². The summed E-state index contributed by atoms with van der Waals surface area (Å²) in [6, 6.07) is 1.20. The second-order valence-corrected chi connectivity index (χ2v) is 3.78. The van der Waals surface area contributed by atoms with Crippen LogP contribution in [0.15, 0.2) is 0 Å². The molecule has 0 aromatic heterocycles. The zero-order valence-electron chi connectivity index (χ0n) is 7.51. The molecule has 1 fully saturated rings. The first kappa shape index (κ1) is 9.01. The van der Waals surface area contributed by atoms with Gasteiger partial charge in [-0.1, -0.05) is 6.42 Å². The molecule has 0 spiro atoms. The van der Waals surface area contributed by atoms with Crippen molar-refractivity contribution >= 4 is 0 Å². The standard InChI is InChI=1S/C9H19NO/c1-7-4-3-5-9(10-7)6-8(2)11/h7-11H,3-6H2,1-2H3/t7-,8+,9+/m1/s1. The van der Waals surface area contributed by atoms with Gasteiger partial charge in [-0.05, 0) is 33.1 Å². The van der Waals surface area contributed by atoms with Gasteiger partial charge in [0.25, 0.3) is 0 Å². The average Bonchev–Trinajstić information content (AvgIpc) is 1.85. The van der Waals surface area contributed by atoms with Crippen molar-refractivity contribution < 1.29 is 5.11 Å². The number of rotatable bonds is 2. The van der Waals surface area contributed by atoms with Gasteiger partial charge in [0.1, 0.15) is 0 Å². The number of aliphatic hydroxyl groups is 1. The van der Waals surface area contributed by atoms with Gasteiger partial charge in [-0.3, -0.25) is 0 Å². The number of nitrogens with one attached hydrogen (secondary N) is 1. The predicted molar refractivity (Wildman–Crippen MR) is 46.5 cm³/mol. The maximum Gasteiger partial charge on any atom is 0.0526 e.